The van der Waals surface area contributed by atoms with E-state index in [1.807, 2.05) is 0 Å². The molecule has 48 valence electrons. The van der Waals surface area contributed by atoms with Crippen LogP contribution in [0.4, 0.5) is 0 Å². The lowest BCUT2D eigenvalue weighted by molar-refractivity contribution is 0.980. The van der Waals surface area contributed by atoms with E-state index in [1.54, 1.807) is 6.92 Å². The smallest absolute Gasteiger partial charge is 0.0677 e. The van der Waals surface area contributed by atoms with Crippen molar-refractivity contribution < 1.29 is 0 Å². The van der Waals surface area contributed by atoms with E-state index >= 15 is 0 Å². The molecule has 0 aliphatic rings. The highest BCUT2D eigenvalue weighted by molar-refractivity contribution is 6.27. The second-order valence-corrected chi connectivity index (χ2v) is 1.42. The Morgan fingerprint density at radius 3 is 3.00 bits per heavy atom. The number of nitrogens with zero attached hydrogens (tertiary/aromatic N) is 1. The number of hydrogen-bond acceptors (Lipinski definition) is 3. The van der Waals surface area contributed by atoms with Crippen molar-refractivity contribution in [3.63, 3.8) is 0 Å². The third kappa shape index (κ3) is 6.66. The van der Waals surface area contributed by atoms with Gasteiger partial charge in [0, 0.05) is 5.71 Å². The van der Waals surface area contributed by atoms with Crippen LogP contribution >= 0.6 is 0 Å². The van der Waals surface area contributed by atoms with Crippen molar-refractivity contribution in [2.45, 2.75) is 6.92 Å². The van der Waals surface area contributed by atoms with Crippen molar-refractivity contribution in [3.8, 4) is 0 Å². The molecular weight excluding hydrogens is 114 g/mol. The lowest BCUT2D eigenvalue weighted by atomic mass is 10.5. The standard InChI is InChI=1S/C6H9N3/c1-3-4-8-9-5-6(2)7/h4-5,7-8H,1H2,2H3. The highest BCUT2D eigenvalue weighted by atomic mass is 15.3. The molecule has 0 saturated carbocycles. The third-order valence-electron chi connectivity index (χ3n) is 0.499. The lowest BCUT2D eigenvalue weighted by Gasteiger charge is -1.83. The Morgan fingerprint density at radius 1 is 1.89 bits per heavy atom. The highest BCUT2D eigenvalue weighted by Gasteiger charge is 1.72. The van der Waals surface area contributed by atoms with E-state index in [0.717, 1.165) is 0 Å². The quantitative estimate of drug-likeness (QED) is 0.327. The summed E-state index contributed by atoms with van der Waals surface area (Å²) in [5.41, 5.74) is 5.37. The van der Waals surface area contributed by atoms with Crippen LogP contribution in [0, 0.1) is 5.41 Å². The Labute approximate surface area is 54.3 Å². The fourth-order valence-electron chi connectivity index (χ4n) is 0.217. The molecule has 3 nitrogen and oxygen atoms in total. The van der Waals surface area contributed by atoms with E-state index < -0.39 is 0 Å². The van der Waals surface area contributed by atoms with Crippen molar-refractivity contribution >= 4 is 11.9 Å². The van der Waals surface area contributed by atoms with Gasteiger partial charge in [-0.05, 0) is 6.92 Å². The molecular formula is C6H9N3. The normalized spacial score (nSPS) is 8.56. The molecule has 0 unspecified atom stereocenters. The van der Waals surface area contributed by atoms with Crippen LogP contribution < -0.4 is 5.43 Å². The van der Waals surface area contributed by atoms with Crippen molar-refractivity contribution in [2.75, 3.05) is 0 Å². The molecule has 0 aromatic rings. The molecule has 0 heterocycles. The van der Waals surface area contributed by atoms with Gasteiger partial charge in [-0.1, -0.05) is 6.58 Å². The number of nitrogens with one attached hydrogen (secondary N) is 2. The average molecular weight is 123 g/mol. The number of rotatable bonds is 3. The van der Waals surface area contributed by atoms with Crippen molar-refractivity contribution in [3.05, 3.63) is 18.5 Å². The molecule has 0 spiro atoms. The maximum absolute atomic E-state index is 6.89. The van der Waals surface area contributed by atoms with Gasteiger partial charge in [-0.25, -0.2) is 0 Å². The topological polar surface area (TPSA) is 48.2 Å². The Kier molecular flexibility index (Phi) is 4.09. The predicted molar refractivity (Wildman–Crippen MR) is 38.7 cm³/mol. The van der Waals surface area contributed by atoms with Gasteiger partial charge in [-0.2, -0.15) is 5.10 Å². The zero-order chi connectivity index (χ0) is 7.11. The van der Waals surface area contributed by atoms with Crippen LogP contribution in [0.2, 0.25) is 0 Å². The van der Waals surface area contributed by atoms with E-state index in [4.69, 9.17) is 5.41 Å². The second-order valence-electron chi connectivity index (χ2n) is 1.42. The summed E-state index contributed by atoms with van der Waals surface area (Å²) in [6.07, 6.45) is 2.85. The lowest BCUT2D eigenvalue weighted by Crippen LogP contribution is -1.97. The first-order valence-electron chi connectivity index (χ1n) is 2.45. The van der Waals surface area contributed by atoms with Gasteiger partial charge in [-0.15, -0.1) is 5.73 Å². The number of hydrazone groups is 1. The van der Waals surface area contributed by atoms with Gasteiger partial charge < -0.3 is 5.41 Å². The minimum atomic E-state index is 0.403. The van der Waals surface area contributed by atoms with Crippen LogP contribution in [0.3, 0.4) is 0 Å². The molecule has 3 heteroatoms. The van der Waals surface area contributed by atoms with Crippen LogP contribution in [0.15, 0.2) is 23.6 Å². The fourth-order valence-corrected chi connectivity index (χ4v) is 0.217. The molecule has 0 aromatic heterocycles. The molecule has 0 amide bonds. The van der Waals surface area contributed by atoms with Crippen LogP contribution in [0.5, 0.6) is 0 Å². The molecule has 0 aliphatic carbocycles. The molecule has 0 bridgehead atoms. The van der Waals surface area contributed by atoms with Crippen molar-refractivity contribution in [1.29, 1.82) is 5.41 Å². The van der Waals surface area contributed by atoms with Gasteiger partial charge in [-0.3, -0.25) is 5.43 Å². The zero-order valence-corrected chi connectivity index (χ0v) is 5.31. The summed E-state index contributed by atoms with van der Waals surface area (Å²) in [6.45, 7) is 4.95. The zero-order valence-electron chi connectivity index (χ0n) is 5.31. The second kappa shape index (κ2) is 4.81. The Bertz CT molecular complexity index is 163. The molecule has 0 radical (unpaired) electrons. The maximum Gasteiger partial charge on any atom is 0.0677 e. The monoisotopic (exact) mass is 123 g/mol. The van der Waals surface area contributed by atoms with E-state index in [1.165, 1.54) is 12.4 Å². The molecule has 0 aliphatic heterocycles. The van der Waals surface area contributed by atoms with Crippen LogP contribution in [0.1, 0.15) is 6.92 Å². The summed E-state index contributed by atoms with van der Waals surface area (Å²) in [6, 6.07) is 0. The number of hydrogen-bond donors (Lipinski definition) is 2. The first kappa shape index (κ1) is 7.66. The van der Waals surface area contributed by atoms with E-state index in [2.05, 4.69) is 22.8 Å². The minimum absolute atomic E-state index is 0.403. The van der Waals surface area contributed by atoms with Gasteiger partial charge in [0.2, 0.25) is 0 Å². The summed E-state index contributed by atoms with van der Waals surface area (Å²) < 4.78 is 0. The largest absolute Gasteiger partial charge is 0.304 e. The molecule has 9 heavy (non-hydrogen) atoms. The van der Waals surface area contributed by atoms with Gasteiger partial charge >= 0.3 is 0 Å². The van der Waals surface area contributed by atoms with Gasteiger partial charge in [0.15, 0.2) is 0 Å². The summed E-state index contributed by atoms with van der Waals surface area (Å²) >= 11 is 0. The molecule has 2 N–H and O–H groups in total. The SMILES string of the molecule is C=C=CNN=CC(C)=N. The van der Waals surface area contributed by atoms with E-state index in [9.17, 15) is 0 Å². The van der Waals surface area contributed by atoms with E-state index in [-0.39, 0.29) is 0 Å². The summed E-state index contributed by atoms with van der Waals surface area (Å²) in [5.74, 6) is 0. The van der Waals surface area contributed by atoms with Crippen LogP contribution in [0.25, 0.3) is 0 Å². The van der Waals surface area contributed by atoms with Gasteiger partial charge in [0.1, 0.15) is 0 Å². The molecule has 0 saturated heterocycles. The van der Waals surface area contributed by atoms with Crippen molar-refractivity contribution in [1.82, 2.24) is 5.43 Å². The molecule has 0 atom stereocenters. The molecule has 0 fully saturated rings. The molecule has 0 aromatic carbocycles. The average Bonchev–Trinajstić information content (AvgIpc) is 1.80. The van der Waals surface area contributed by atoms with Crippen LogP contribution in [-0.4, -0.2) is 11.9 Å². The third-order valence-corrected chi connectivity index (χ3v) is 0.499. The van der Waals surface area contributed by atoms with Crippen molar-refractivity contribution in [2.24, 2.45) is 5.10 Å². The predicted octanol–water partition coefficient (Wildman–Crippen LogP) is 0.900. The highest BCUT2D eigenvalue weighted by Crippen LogP contribution is 1.61. The van der Waals surface area contributed by atoms with Gasteiger partial charge in [0.25, 0.3) is 0 Å². The Hall–Kier alpha value is -1.34. The Morgan fingerprint density at radius 2 is 2.56 bits per heavy atom. The summed E-state index contributed by atoms with van der Waals surface area (Å²) in [4.78, 5) is 0. The first-order chi connectivity index (χ1) is 4.27. The maximum atomic E-state index is 6.89. The van der Waals surface area contributed by atoms with E-state index in [0.29, 0.717) is 5.71 Å². The summed E-state index contributed by atoms with van der Waals surface area (Å²) in [5, 5.41) is 10.5. The molecule has 0 rings (SSSR count). The Balaban J connectivity index is 3.48. The minimum Gasteiger partial charge on any atom is -0.304 e. The first-order valence-corrected chi connectivity index (χ1v) is 2.45. The summed E-state index contributed by atoms with van der Waals surface area (Å²) in [7, 11) is 0. The van der Waals surface area contributed by atoms with Crippen LogP contribution in [-0.2, 0) is 0 Å². The van der Waals surface area contributed by atoms with Gasteiger partial charge in [0.05, 0.1) is 12.4 Å². The fraction of sp³-hybridized carbons (Fsp3) is 0.167.